The average molecular weight is 282 g/mol. The maximum absolute atomic E-state index is 10.8. The molecule has 0 aromatic heterocycles. The van der Waals surface area contributed by atoms with Crippen LogP contribution < -0.4 is 0 Å². The molecule has 112 valence electrons. The van der Waals surface area contributed by atoms with E-state index in [9.17, 15) is 4.79 Å². The zero-order valence-electron chi connectivity index (χ0n) is 13.1. The molecule has 0 fully saturated rings. The number of unbranched alkanes of at least 4 members (excludes halogenated alkanes) is 6. The summed E-state index contributed by atoms with van der Waals surface area (Å²) < 4.78 is 0. The van der Waals surface area contributed by atoms with Crippen molar-refractivity contribution in [1.82, 2.24) is 0 Å². The Labute approximate surface area is 128 Å². The minimum atomic E-state index is 0.752. The smallest absolute Gasteiger partial charge is 0.150 e. The van der Waals surface area contributed by atoms with E-state index >= 15 is 0 Å². The van der Waals surface area contributed by atoms with Gasteiger partial charge in [0.25, 0.3) is 0 Å². The Morgan fingerprint density at radius 3 is 2.24 bits per heavy atom. The number of aryl methyl sites for hydroxylation is 1. The van der Waals surface area contributed by atoms with Crippen molar-refractivity contribution in [2.45, 2.75) is 58.3 Å². The highest BCUT2D eigenvalue weighted by atomic mass is 16.1. The Morgan fingerprint density at radius 2 is 1.48 bits per heavy atom. The van der Waals surface area contributed by atoms with E-state index in [0.717, 1.165) is 17.2 Å². The molecule has 0 heterocycles. The van der Waals surface area contributed by atoms with Gasteiger partial charge in [-0.1, -0.05) is 75.8 Å². The lowest BCUT2D eigenvalue weighted by molar-refractivity contribution is 0.112. The van der Waals surface area contributed by atoms with Crippen molar-refractivity contribution in [3.63, 3.8) is 0 Å². The van der Waals surface area contributed by atoms with Crippen LogP contribution in [0.25, 0.3) is 10.8 Å². The fourth-order valence-electron chi connectivity index (χ4n) is 2.83. The van der Waals surface area contributed by atoms with E-state index in [1.807, 2.05) is 18.2 Å². The average Bonchev–Trinajstić information content (AvgIpc) is 2.53. The van der Waals surface area contributed by atoms with Crippen LogP contribution in [0.3, 0.4) is 0 Å². The third-order valence-electron chi connectivity index (χ3n) is 4.13. The molecule has 2 aromatic carbocycles. The summed E-state index contributed by atoms with van der Waals surface area (Å²) in [6.45, 7) is 2.26. The summed E-state index contributed by atoms with van der Waals surface area (Å²) in [5.41, 5.74) is 2.16. The number of fused-ring (bicyclic) bond motifs is 1. The monoisotopic (exact) mass is 282 g/mol. The van der Waals surface area contributed by atoms with Crippen LogP contribution >= 0.6 is 0 Å². The third-order valence-corrected chi connectivity index (χ3v) is 4.13. The number of rotatable bonds is 9. The van der Waals surface area contributed by atoms with Crippen molar-refractivity contribution in [3.8, 4) is 0 Å². The number of aldehydes is 1. The van der Waals surface area contributed by atoms with E-state index in [1.165, 1.54) is 62.3 Å². The highest BCUT2D eigenvalue weighted by Gasteiger charge is 1.99. The Hall–Kier alpha value is -1.63. The maximum Gasteiger partial charge on any atom is 0.150 e. The topological polar surface area (TPSA) is 17.1 Å². The molecule has 0 bridgehead atoms. The molecule has 0 spiro atoms. The molecule has 0 aliphatic rings. The van der Waals surface area contributed by atoms with E-state index in [1.54, 1.807) is 0 Å². The van der Waals surface area contributed by atoms with Crippen molar-refractivity contribution in [1.29, 1.82) is 0 Å². The largest absolute Gasteiger partial charge is 0.298 e. The molecule has 1 heteroatoms. The predicted molar refractivity (Wildman–Crippen MR) is 91.0 cm³/mol. The lowest BCUT2D eigenvalue weighted by Crippen LogP contribution is -1.88. The molecule has 1 nitrogen and oxygen atoms in total. The van der Waals surface area contributed by atoms with Crippen molar-refractivity contribution in [2.24, 2.45) is 0 Å². The first-order valence-electron chi connectivity index (χ1n) is 8.31. The summed E-state index contributed by atoms with van der Waals surface area (Å²) in [7, 11) is 0. The van der Waals surface area contributed by atoms with Crippen LogP contribution in [0.15, 0.2) is 36.4 Å². The molecule has 2 rings (SSSR count). The number of benzene rings is 2. The van der Waals surface area contributed by atoms with Gasteiger partial charge in [0.1, 0.15) is 6.29 Å². The van der Waals surface area contributed by atoms with Gasteiger partial charge in [-0.05, 0) is 35.2 Å². The Morgan fingerprint density at radius 1 is 0.810 bits per heavy atom. The molecule has 0 aliphatic heterocycles. The molecule has 0 N–H and O–H groups in total. The van der Waals surface area contributed by atoms with Crippen molar-refractivity contribution < 1.29 is 4.79 Å². The van der Waals surface area contributed by atoms with Crippen molar-refractivity contribution in [3.05, 3.63) is 47.5 Å². The van der Waals surface area contributed by atoms with Crippen LogP contribution in [0.1, 0.15) is 67.8 Å². The Balaban J connectivity index is 1.81. The molecule has 21 heavy (non-hydrogen) atoms. The van der Waals surface area contributed by atoms with E-state index in [-0.39, 0.29) is 0 Å². The zero-order chi connectivity index (χ0) is 14.9. The van der Waals surface area contributed by atoms with E-state index in [0.29, 0.717) is 0 Å². The minimum Gasteiger partial charge on any atom is -0.298 e. The van der Waals surface area contributed by atoms with E-state index < -0.39 is 0 Å². The van der Waals surface area contributed by atoms with Crippen molar-refractivity contribution >= 4 is 17.1 Å². The molecule has 0 saturated heterocycles. The first-order chi connectivity index (χ1) is 10.3. The molecule has 0 radical (unpaired) electrons. The summed E-state index contributed by atoms with van der Waals surface area (Å²) in [5, 5.41) is 2.39. The van der Waals surface area contributed by atoms with Gasteiger partial charge in [-0.2, -0.15) is 0 Å². The van der Waals surface area contributed by atoms with Crippen LogP contribution in [0.2, 0.25) is 0 Å². The standard InChI is InChI=1S/C20H26O/c1-2-3-4-5-6-7-8-9-17-10-12-20-15-18(16-21)11-13-19(20)14-17/h10-16H,2-9H2,1H3. The Kier molecular flexibility index (Phi) is 6.46. The van der Waals surface area contributed by atoms with Gasteiger partial charge in [0, 0.05) is 5.56 Å². The van der Waals surface area contributed by atoms with Crippen LogP contribution in [0.5, 0.6) is 0 Å². The summed E-state index contributed by atoms with van der Waals surface area (Å²) in [6.07, 6.45) is 11.6. The van der Waals surface area contributed by atoms with Gasteiger partial charge >= 0.3 is 0 Å². The lowest BCUT2D eigenvalue weighted by Gasteiger charge is -2.05. The number of carbonyl (C=O) groups is 1. The van der Waals surface area contributed by atoms with Crippen LogP contribution in [-0.4, -0.2) is 6.29 Å². The van der Waals surface area contributed by atoms with Crippen LogP contribution in [0.4, 0.5) is 0 Å². The van der Waals surface area contributed by atoms with Crippen LogP contribution in [0, 0.1) is 0 Å². The Bertz CT molecular complexity index is 571. The van der Waals surface area contributed by atoms with Crippen molar-refractivity contribution in [2.75, 3.05) is 0 Å². The second-order valence-corrected chi connectivity index (χ2v) is 5.93. The molecule has 2 aromatic rings. The number of hydrogen-bond donors (Lipinski definition) is 0. The number of carbonyl (C=O) groups excluding carboxylic acids is 1. The molecule has 0 atom stereocenters. The second-order valence-electron chi connectivity index (χ2n) is 5.93. The molecule has 0 amide bonds. The SMILES string of the molecule is CCCCCCCCCc1ccc2cc(C=O)ccc2c1. The molecule has 0 saturated carbocycles. The van der Waals surface area contributed by atoms with Gasteiger partial charge in [0.05, 0.1) is 0 Å². The minimum absolute atomic E-state index is 0.752. The summed E-state index contributed by atoms with van der Waals surface area (Å²) in [6, 6.07) is 12.5. The van der Waals surface area contributed by atoms with E-state index in [2.05, 4.69) is 25.1 Å². The maximum atomic E-state index is 10.8. The van der Waals surface area contributed by atoms with Gasteiger partial charge in [-0.3, -0.25) is 4.79 Å². The van der Waals surface area contributed by atoms with Gasteiger partial charge in [-0.25, -0.2) is 0 Å². The summed E-state index contributed by atoms with van der Waals surface area (Å²) in [5.74, 6) is 0. The predicted octanol–water partition coefficient (Wildman–Crippen LogP) is 5.95. The highest BCUT2D eigenvalue weighted by molar-refractivity contribution is 5.89. The first kappa shape index (κ1) is 15.8. The third kappa shape index (κ3) is 5.00. The highest BCUT2D eigenvalue weighted by Crippen LogP contribution is 2.19. The first-order valence-corrected chi connectivity index (χ1v) is 8.31. The lowest BCUT2D eigenvalue weighted by atomic mass is 10.0. The van der Waals surface area contributed by atoms with Gasteiger partial charge < -0.3 is 0 Å². The summed E-state index contributed by atoms with van der Waals surface area (Å²) >= 11 is 0. The molecular weight excluding hydrogens is 256 g/mol. The molecule has 0 aliphatic carbocycles. The normalized spacial score (nSPS) is 10.9. The van der Waals surface area contributed by atoms with E-state index in [4.69, 9.17) is 0 Å². The molecular formula is C20H26O. The van der Waals surface area contributed by atoms with Gasteiger partial charge in [0.15, 0.2) is 0 Å². The van der Waals surface area contributed by atoms with Gasteiger partial charge in [0.2, 0.25) is 0 Å². The summed E-state index contributed by atoms with van der Waals surface area (Å²) in [4.78, 5) is 10.8. The molecule has 0 unspecified atom stereocenters. The zero-order valence-corrected chi connectivity index (χ0v) is 13.1. The second kappa shape index (κ2) is 8.61. The fourth-order valence-corrected chi connectivity index (χ4v) is 2.83. The fraction of sp³-hybridized carbons (Fsp3) is 0.450. The quantitative estimate of drug-likeness (QED) is 0.410. The van der Waals surface area contributed by atoms with Gasteiger partial charge in [-0.15, -0.1) is 0 Å². The number of hydrogen-bond acceptors (Lipinski definition) is 1. The van der Waals surface area contributed by atoms with Crippen LogP contribution in [-0.2, 0) is 6.42 Å².